The molecule has 0 bridgehead atoms. The highest BCUT2D eigenvalue weighted by Gasteiger charge is 2.09. The fraction of sp³-hybridized carbons (Fsp3) is 0.250. The summed E-state index contributed by atoms with van der Waals surface area (Å²) in [6.07, 6.45) is 1.93. The van der Waals surface area contributed by atoms with E-state index in [9.17, 15) is 9.59 Å². The molecule has 0 aromatic carbocycles. The van der Waals surface area contributed by atoms with Crippen LogP contribution in [0.3, 0.4) is 0 Å². The number of hydrogen-bond donors (Lipinski definition) is 0. The first-order valence-corrected chi connectivity index (χ1v) is 4.29. The molecule has 0 amide bonds. The molecule has 0 fully saturated rings. The van der Waals surface area contributed by atoms with Gasteiger partial charge in [-0.2, -0.15) is 0 Å². The molecule has 0 spiro atoms. The lowest BCUT2D eigenvalue weighted by Gasteiger charge is -1.98. The van der Waals surface area contributed by atoms with Crippen LogP contribution in [0, 0.1) is 0 Å². The Balaban J connectivity index is 5.44. The molecule has 0 unspecified atom stereocenters. The Morgan fingerprint density at radius 2 is 1.28 bits per heavy atom. The van der Waals surface area contributed by atoms with Crippen molar-refractivity contribution in [3.8, 4) is 0 Å². The van der Waals surface area contributed by atoms with Gasteiger partial charge in [-0.15, -0.1) is 0 Å². The summed E-state index contributed by atoms with van der Waals surface area (Å²) >= 11 is 0. The number of hydrogen-bond acceptors (Lipinski definition) is 6. The molecular formula is C8H8N6O4. The topological polar surface area (TPSA) is 150 Å². The van der Waals surface area contributed by atoms with Gasteiger partial charge in [0.25, 0.3) is 0 Å². The molecule has 0 saturated carbocycles. The highest BCUT2D eigenvalue weighted by atomic mass is 16.5. The van der Waals surface area contributed by atoms with Gasteiger partial charge in [0.15, 0.2) is 0 Å². The van der Waals surface area contributed by atoms with Crippen molar-refractivity contribution in [3.63, 3.8) is 0 Å². The molecule has 0 heterocycles. The molecule has 0 saturated heterocycles. The molecule has 10 heteroatoms. The number of nitrogens with zero attached hydrogens (tertiary/aromatic N) is 6. The zero-order valence-electron chi connectivity index (χ0n) is 9.47. The lowest BCUT2D eigenvalue weighted by molar-refractivity contribution is -0.137. The predicted molar refractivity (Wildman–Crippen MR) is 58.5 cm³/mol. The van der Waals surface area contributed by atoms with Gasteiger partial charge >= 0.3 is 11.9 Å². The number of methoxy groups -OCH3 is 2. The van der Waals surface area contributed by atoms with Crippen molar-refractivity contribution in [2.75, 3.05) is 14.2 Å². The quantitative estimate of drug-likeness (QED) is 0.182. The van der Waals surface area contributed by atoms with E-state index < -0.39 is 23.3 Å². The Hall–Kier alpha value is -2.96. The second-order valence-corrected chi connectivity index (χ2v) is 2.47. The van der Waals surface area contributed by atoms with Crippen LogP contribution in [0.4, 0.5) is 0 Å². The highest BCUT2D eigenvalue weighted by Crippen LogP contribution is 2.05. The van der Waals surface area contributed by atoms with Crippen LogP contribution in [0.1, 0.15) is 0 Å². The van der Waals surface area contributed by atoms with Crippen LogP contribution >= 0.6 is 0 Å². The minimum absolute atomic E-state index is 0.408. The Morgan fingerprint density at radius 3 is 1.50 bits per heavy atom. The zero-order valence-corrected chi connectivity index (χ0v) is 9.47. The fourth-order valence-corrected chi connectivity index (χ4v) is 0.748. The largest absolute Gasteiger partial charge is 0.466 e. The molecule has 0 aliphatic heterocycles. The van der Waals surface area contributed by atoms with Crippen LogP contribution in [0.25, 0.3) is 20.9 Å². The van der Waals surface area contributed by atoms with E-state index in [-0.39, 0.29) is 0 Å². The molecule has 0 aliphatic rings. The van der Waals surface area contributed by atoms with Gasteiger partial charge in [0.1, 0.15) is 11.4 Å². The summed E-state index contributed by atoms with van der Waals surface area (Å²) in [7, 11) is 2.17. The molecule has 0 N–H and O–H groups in total. The average molecular weight is 252 g/mol. The number of azide groups is 2. The third-order valence-electron chi connectivity index (χ3n) is 1.49. The van der Waals surface area contributed by atoms with Crippen LogP contribution in [-0.2, 0) is 19.1 Å². The van der Waals surface area contributed by atoms with Crippen LogP contribution in [-0.4, -0.2) is 26.2 Å². The van der Waals surface area contributed by atoms with Gasteiger partial charge in [-0.1, -0.05) is 10.2 Å². The van der Waals surface area contributed by atoms with Crippen LogP contribution < -0.4 is 0 Å². The van der Waals surface area contributed by atoms with Gasteiger partial charge in [-0.25, -0.2) is 9.59 Å². The standard InChI is InChI=1S/C8H8N6O4/c1-17-7(15)5(11-13-9)3-4-6(12-14-10)8(16)18-2/h3-4H,1-2H3/b5-3-,6-4+. The summed E-state index contributed by atoms with van der Waals surface area (Å²) < 4.78 is 8.65. The fourth-order valence-electron chi connectivity index (χ4n) is 0.748. The lowest BCUT2D eigenvalue weighted by Crippen LogP contribution is -2.03. The molecule has 0 atom stereocenters. The van der Waals surface area contributed by atoms with Crippen molar-refractivity contribution < 1.29 is 19.1 Å². The van der Waals surface area contributed by atoms with E-state index in [0.29, 0.717) is 0 Å². The van der Waals surface area contributed by atoms with E-state index in [1.54, 1.807) is 0 Å². The van der Waals surface area contributed by atoms with Crippen molar-refractivity contribution >= 4 is 11.9 Å². The second-order valence-electron chi connectivity index (χ2n) is 2.47. The second kappa shape index (κ2) is 8.22. The van der Waals surface area contributed by atoms with Gasteiger partial charge in [0.2, 0.25) is 0 Å². The first kappa shape index (κ1) is 15.0. The summed E-state index contributed by atoms with van der Waals surface area (Å²) in [5.41, 5.74) is 15.6. The maximum absolute atomic E-state index is 11.1. The monoisotopic (exact) mass is 252 g/mol. The lowest BCUT2D eigenvalue weighted by atomic mass is 10.3. The predicted octanol–water partition coefficient (Wildman–Crippen LogP) is 1.72. The van der Waals surface area contributed by atoms with Gasteiger partial charge in [-0.3, -0.25) is 0 Å². The third-order valence-corrected chi connectivity index (χ3v) is 1.49. The third kappa shape index (κ3) is 4.71. The molecule has 0 aliphatic carbocycles. The van der Waals surface area contributed by atoms with Crippen molar-refractivity contribution in [3.05, 3.63) is 44.4 Å². The summed E-state index contributed by atoms with van der Waals surface area (Å²) in [6, 6.07) is 0. The molecule has 0 aromatic rings. The SMILES string of the molecule is COC(=O)/C(=C/C=C(/N=[N+]=[N-])C(=O)OC)N=[N+]=[N-]. The van der Waals surface area contributed by atoms with Gasteiger partial charge < -0.3 is 9.47 Å². The maximum atomic E-state index is 11.1. The Morgan fingerprint density at radius 1 is 0.944 bits per heavy atom. The van der Waals surface area contributed by atoms with E-state index in [2.05, 4.69) is 29.5 Å². The van der Waals surface area contributed by atoms with Gasteiger partial charge in [0.05, 0.1) is 14.2 Å². The number of carbonyl (C=O) groups is 2. The molecule has 10 nitrogen and oxygen atoms in total. The van der Waals surface area contributed by atoms with Crippen LogP contribution in [0.2, 0.25) is 0 Å². The Bertz CT molecular complexity index is 450. The molecule has 0 aromatic heterocycles. The average Bonchev–Trinajstić information content (AvgIpc) is 2.40. The van der Waals surface area contributed by atoms with Crippen LogP contribution in [0.5, 0.6) is 0 Å². The summed E-state index contributed by atoms with van der Waals surface area (Å²) in [6.45, 7) is 0. The normalized spacial score (nSPS) is 10.8. The van der Waals surface area contributed by atoms with E-state index in [0.717, 1.165) is 26.4 Å². The van der Waals surface area contributed by atoms with Crippen molar-refractivity contribution in [2.24, 2.45) is 10.2 Å². The van der Waals surface area contributed by atoms with Gasteiger partial charge in [-0.05, 0) is 23.2 Å². The van der Waals surface area contributed by atoms with Crippen molar-refractivity contribution in [1.29, 1.82) is 0 Å². The number of ether oxygens (including phenoxy) is 2. The molecule has 18 heavy (non-hydrogen) atoms. The van der Waals surface area contributed by atoms with E-state index in [1.165, 1.54) is 0 Å². The smallest absolute Gasteiger partial charge is 0.340 e. The van der Waals surface area contributed by atoms with E-state index in [4.69, 9.17) is 11.1 Å². The molecular weight excluding hydrogens is 244 g/mol. The van der Waals surface area contributed by atoms with E-state index >= 15 is 0 Å². The molecule has 94 valence electrons. The number of carbonyl (C=O) groups excluding carboxylic acids is 2. The summed E-state index contributed by atoms with van der Waals surface area (Å²) in [5.74, 6) is -1.82. The summed E-state index contributed by atoms with van der Waals surface area (Å²) in [4.78, 5) is 27.0. The molecule has 0 radical (unpaired) electrons. The number of allylic oxidation sites excluding steroid dienone is 2. The Kier molecular flexibility index (Phi) is 6.87. The minimum Gasteiger partial charge on any atom is -0.466 e. The molecule has 0 rings (SSSR count). The van der Waals surface area contributed by atoms with Crippen LogP contribution in [0.15, 0.2) is 33.8 Å². The first-order valence-electron chi connectivity index (χ1n) is 4.29. The van der Waals surface area contributed by atoms with Crippen molar-refractivity contribution in [2.45, 2.75) is 0 Å². The van der Waals surface area contributed by atoms with Gasteiger partial charge in [0, 0.05) is 9.82 Å². The highest BCUT2D eigenvalue weighted by molar-refractivity contribution is 5.90. The Labute approximate surface area is 101 Å². The van der Waals surface area contributed by atoms with E-state index in [1.807, 2.05) is 0 Å². The number of esters is 2. The minimum atomic E-state index is -0.908. The number of rotatable bonds is 5. The zero-order chi connectivity index (χ0) is 14.0. The van der Waals surface area contributed by atoms with Crippen molar-refractivity contribution in [1.82, 2.24) is 0 Å². The summed E-state index contributed by atoms with van der Waals surface area (Å²) in [5, 5.41) is 6.10. The first-order chi connectivity index (χ1) is 8.60. The maximum Gasteiger partial charge on any atom is 0.340 e.